The van der Waals surface area contributed by atoms with Crippen molar-refractivity contribution in [1.29, 1.82) is 0 Å². The molecule has 1 N–H and O–H groups in total. The summed E-state index contributed by atoms with van der Waals surface area (Å²) in [5, 5.41) is 2.85. The van der Waals surface area contributed by atoms with Gasteiger partial charge in [0, 0.05) is 30.3 Å². The Morgan fingerprint density at radius 2 is 1.33 bits per heavy atom. The normalized spacial score (nSPS) is 10.1. The first-order valence-corrected chi connectivity index (χ1v) is 8.36. The Morgan fingerprint density at radius 3 is 1.78 bits per heavy atom. The number of aryl methyl sites for hydroxylation is 1. The van der Waals surface area contributed by atoms with E-state index in [-0.39, 0.29) is 5.91 Å². The van der Waals surface area contributed by atoms with Crippen molar-refractivity contribution in [2.75, 3.05) is 40.9 Å². The zero-order chi connectivity index (χ0) is 19.8. The molecule has 0 heterocycles. The Hall–Kier alpha value is -3.09. The lowest BCUT2D eigenvalue weighted by atomic mass is 10.1. The average molecular weight is 375 g/mol. The lowest BCUT2D eigenvalue weighted by Gasteiger charge is -2.14. The fourth-order valence-corrected chi connectivity index (χ4v) is 2.65. The van der Waals surface area contributed by atoms with E-state index in [0.29, 0.717) is 47.3 Å². The second kappa shape index (κ2) is 9.56. The van der Waals surface area contributed by atoms with Gasteiger partial charge in [0.1, 0.15) is 11.5 Å². The lowest BCUT2D eigenvalue weighted by Crippen LogP contribution is -2.12. The molecule has 7 heteroatoms. The first kappa shape index (κ1) is 20.2. The van der Waals surface area contributed by atoms with Crippen molar-refractivity contribution >= 4 is 11.6 Å². The van der Waals surface area contributed by atoms with Crippen molar-refractivity contribution < 1.29 is 28.5 Å². The maximum Gasteiger partial charge on any atom is 0.224 e. The minimum atomic E-state index is -0.133. The van der Waals surface area contributed by atoms with Crippen LogP contribution in [0.15, 0.2) is 30.3 Å². The monoisotopic (exact) mass is 375 g/mol. The highest BCUT2D eigenvalue weighted by atomic mass is 16.5. The van der Waals surface area contributed by atoms with E-state index >= 15 is 0 Å². The van der Waals surface area contributed by atoms with Crippen LogP contribution in [0.1, 0.15) is 12.0 Å². The zero-order valence-corrected chi connectivity index (χ0v) is 16.3. The minimum absolute atomic E-state index is 0.133. The van der Waals surface area contributed by atoms with Gasteiger partial charge in [-0.3, -0.25) is 4.79 Å². The van der Waals surface area contributed by atoms with Gasteiger partial charge < -0.3 is 29.0 Å². The van der Waals surface area contributed by atoms with Gasteiger partial charge in [0.05, 0.1) is 35.5 Å². The Labute approximate surface area is 159 Å². The average Bonchev–Trinajstić information content (AvgIpc) is 2.70. The molecule has 0 atom stereocenters. The largest absolute Gasteiger partial charge is 0.497 e. The molecule has 0 unspecified atom stereocenters. The number of nitrogens with one attached hydrogen (secondary N) is 1. The molecule has 27 heavy (non-hydrogen) atoms. The van der Waals surface area contributed by atoms with Crippen LogP contribution >= 0.6 is 0 Å². The smallest absolute Gasteiger partial charge is 0.224 e. The van der Waals surface area contributed by atoms with Crippen LogP contribution in [0.2, 0.25) is 0 Å². The molecule has 0 aliphatic rings. The fourth-order valence-electron chi connectivity index (χ4n) is 2.65. The van der Waals surface area contributed by atoms with E-state index in [1.807, 2.05) is 12.1 Å². The molecule has 0 bridgehead atoms. The summed E-state index contributed by atoms with van der Waals surface area (Å²) < 4.78 is 26.4. The predicted octanol–water partition coefficient (Wildman–Crippen LogP) is 3.30. The van der Waals surface area contributed by atoms with Crippen molar-refractivity contribution in [2.24, 2.45) is 0 Å². The van der Waals surface area contributed by atoms with E-state index in [4.69, 9.17) is 23.7 Å². The molecule has 1 amide bonds. The Morgan fingerprint density at radius 1 is 0.778 bits per heavy atom. The lowest BCUT2D eigenvalue weighted by molar-refractivity contribution is -0.116. The van der Waals surface area contributed by atoms with E-state index in [2.05, 4.69) is 5.32 Å². The summed E-state index contributed by atoms with van der Waals surface area (Å²) in [7, 11) is 7.77. The summed E-state index contributed by atoms with van der Waals surface area (Å²) in [6, 6.07) is 8.94. The van der Waals surface area contributed by atoms with E-state index in [1.165, 1.54) is 21.3 Å². The number of hydrogen-bond donors (Lipinski definition) is 1. The van der Waals surface area contributed by atoms with Crippen molar-refractivity contribution in [3.8, 4) is 28.7 Å². The maximum absolute atomic E-state index is 12.4. The maximum atomic E-state index is 12.4. The van der Waals surface area contributed by atoms with Gasteiger partial charge in [-0.1, -0.05) is 0 Å². The Balaban J connectivity index is 2.08. The van der Waals surface area contributed by atoms with Crippen LogP contribution < -0.4 is 29.0 Å². The number of rotatable bonds is 9. The number of amides is 1. The first-order valence-electron chi connectivity index (χ1n) is 8.36. The molecule has 0 saturated carbocycles. The molecule has 2 aromatic rings. The summed E-state index contributed by atoms with van der Waals surface area (Å²) in [6.45, 7) is 0. The summed E-state index contributed by atoms with van der Waals surface area (Å²) in [6.07, 6.45) is 0.844. The third-order valence-corrected chi connectivity index (χ3v) is 4.00. The molecule has 146 valence electrons. The van der Waals surface area contributed by atoms with Crippen LogP contribution in [-0.2, 0) is 11.2 Å². The molecule has 2 aromatic carbocycles. The van der Waals surface area contributed by atoms with E-state index in [0.717, 1.165) is 5.56 Å². The zero-order valence-electron chi connectivity index (χ0n) is 16.3. The molecule has 0 spiro atoms. The minimum Gasteiger partial charge on any atom is -0.497 e. The van der Waals surface area contributed by atoms with E-state index < -0.39 is 0 Å². The molecule has 0 saturated heterocycles. The van der Waals surface area contributed by atoms with Crippen molar-refractivity contribution in [2.45, 2.75) is 12.8 Å². The van der Waals surface area contributed by atoms with Gasteiger partial charge in [-0.15, -0.1) is 0 Å². The molecule has 0 fully saturated rings. The fraction of sp³-hybridized carbons (Fsp3) is 0.350. The quantitative estimate of drug-likeness (QED) is 0.725. The Kier molecular flexibility index (Phi) is 7.16. The van der Waals surface area contributed by atoms with Crippen molar-refractivity contribution in [3.63, 3.8) is 0 Å². The van der Waals surface area contributed by atoms with Gasteiger partial charge in [-0.25, -0.2) is 0 Å². The molecule has 0 aliphatic heterocycles. The summed E-state index contributed by atoms with van der Waals surface area (Å²) in [4.78, 5) is 12.4. The van der Waals surface area contributed by atoms with Crippen LogP contribution in [0.4, 0.5) is 5.69 Å². The van der Waals surface area contributed by atoms with Gasteiger partial charge in [0.2, 0.25) is 11.7 Å². The number of methoxy groups -OCH3 is 5. The van der Waals surface area contributed by atoms with Gasteiger partial charge in [-0.05, 0) is 24.1 Å². The number of benzene rings is 2. The first-order chi connectivity index (χ1) is 13.0. The molecular weight excluding hydrogens is 350 g/mol. The molecule has 0 aliphatic carbocycles. The van der Waals surface area contributed by atoms with Crippen LogP contribution in [0.3, 0.4) is 0 Å². The van der Waals surface area contributed by atoms with Gasteiger partial charge in [-0.2, -0.15) is 0 Å². The molecule has 7 nitrogen and oxygen atoms in total. The third-order valence-electron chi connectivity index (χ3n) is 4.00. The number of anilines is 1. The highest BCUT2D eigenvalue weighted by Gasteiger charge is 2.14. The van der Waals surface area contributed by atoms with Crippen LogP contribution in [0.25, 0.3) is 0 Å². The number of hydrogen-bond acceptors (Lipinski definition) is 6. The van der Waals surface area contributed by atoms with Gasteiger partial charge >= 0.3 is 0 Å². The van der Waals surface area contributed by atoms with E-state index in [1.54, 1.807) is 32.4 Å². The van der Waals surface area contributed by atoms with Crippen molar-refractivity contribution in [3.05, 3.63) is 35.9 Å². The molecule has 0 aromatic heterocycles. The van der Waals surface area contributed by atoms with E-state index in [9.17, 15) is 4.79 Å². The summed E-state index contributed by atoms with van der Waals surface area (Å²) >= 11 is 0. The number of carbonyl (C=O) groups excluding carboxylic acids is 1. The SMILES string of the molecule is COc1cc(CCC(=O)Nc2cc(OC)c(OC)c(OC)c2)cc(OC)c1. The van der Waals surface area contributed by atoms with Gasteiger partial charge in [0.15, 0.2) is 11.5 Å². The topological polar surface area (TPSA) is 75.3 Å². The second-order valence-corrected chi connectivity index (χ2v) is 5.68. The number of ether oxygens (including phenoxy) is 5. The number of carbonyl (C=O) groups is 1. The summed E-state index contributed by atoms with van der Waals surface area (Å²) in [5.74, 6) is 2.67. The second-order valence-electron chi connectivity index (χ2n) is 5.68. The van der Waals surface area contributed by atoms with Crippen LogP contribution in [-0.4, -0.2) is 41.5 Å². The molecular formula is C20H25NO6. The highest BCUT2D eigenvalue weighted by Crippen LogP contribution is 2.40. The third kappa shape index (κ3) is 5.20. The predicted molar refractivity (Wildman–Crippen MR) is 103 cm³/mol. The van der Waals surface area contributed by atoms with Crippen LogP contribution in [0, 0.1) is 0 Å². The molecule has 2 rings (SSSR count). The Bertz CT molecular complexity index is 743. The van der Waals surface area contributed by atoms with Gasteiger partial charge in [0.25, 0.3) is 0 Å². The van der Waals surface area contributed by atoms with Crippen LogP contribution in [0.5, 0.6) is 28.7 Å². The standard InChI is InChI=1S/C20H25NO6/c1-23-15-8-13(9-16(12-15)24-2)6-7-19(22)21-14-10-17(25-3)20(27-5)18(11-14)26-4/h8-12H,6-7H2,1-5H3,(H,21,22). The highest BCUT2D eigenvalue weighted by molar-refractivity contribution is 5.91. The summed E-state index contributed by atoms with van der Waals surface area (Å²) in [5.41, 5.74) is 1.52. The molecule has 0 radical (unpaired) electrons. The van der Waals surface area contributed by atoms with Crippen molar-refractivity contribution in [1.82, 2.24) is 0 Å².